The minimum Gasteiger partial charge on any atom is -0.497 e. The Hall–Kier alpha value is -3.28. The van der Waals surface area contributed by atoms with Crippen molar-refractivity contribution in [1.29, 1.82) is 0 Å². The van der Waals surface area contributed by atoms with Gasteiger partial charge in [-0.2, -0.15) is 0 Å². The number of hydrogen-bond donors (Lipinski definition) is 0. The summed E-state index contributed by atoms with van der Waals surface area (Å²) in [5, 5.41) is 8.76. The fraction of sp³-hybridized carbons (Fsp3) is 0.385. The van der Waals surface area contributed by atoms with Gasteiger partial charge in [0.05, 0.1) is 18.5 Å². The molecule has 0 N–H and O–H groups in total. The predicted octanol–water partition coefficient (Wildman–Crippen LogP) is 5.36. The number of hydrogen-bond acceptors (Lipinski definition) is 5. The number of nitrogens with zero attached hydrogens (tertiary/aromatic N) is 4. The van der Waals surface area contributed by atoms with Crippen LogP contribution >= 0.6 is 0 Å². The molecule has 4 rings (SSSR count). The van der Waals surface area contributed by atoms with E-state index in [4.69, 9.17) is 9.73 Å². The maximum atomic E-state index is 12.6. The van der Waals surface area contributed by atoms with Crippen LogP contribution in [0.3, 0.4) is 0 Å². The van der Waals surface area contributed by atoms with Gasteiger partial charge in [0.2, 0.25) is 0 Å². The predicted molar refractivity (Wildman–Crippen MR) is 126 cm³/mol. The molecule has 2 aromatic carbocycles. The van der Waals surface area contributed by atoms with Crippen LogP contribution in [0.15, 0.2) is 47.5 Å². The number of carbonyl (C=O) groups excluding carboxylic acids is 1. The summed E-state index contributed by atoms with van der Waals surface area (Å²) in [5.41, 5.74) is 5.01. The quantitative estimate of drug-likeness (QED) is 0.506. The van der Waals surface area contributed by atoms with E-state index in [2.05, 4.69) is 48.3 Å². The van der Waals surface area contributed by atoms with Crippen LogP contribution in [-0.4, -0.2) is 33.4 Å². The maximum Gasteiger partial charge on any atom is 0.162 e. The van der Waals surface area contributed by atoms with E-state index in [9.17, 15) is 4.79 Å². The second kappa shape index (κ2) is 9.07. The standard InChI is InChI=1S/C26H30N4O2/c1-6-7-20(31)14-23-26-29-28-17(4)30(26)24-13-12-21(32-5)15-22(24)25(27-23)19-10-8-18(9-11-19)16(2)3/h8-13,15-16,23H,6-7,14H2,1-5H3/t23-/m0/s1. The Morgan fingerprint density at radius 2 is 1.88 bits per heavy atom. The van der Waals surface area contributed by atoms with Gasteiger partial charge in [-0.15, -0.1) is 10.2 Å². The second-order valence-corrected chi connectivity index (χ2v) is 8.59. The van der Waals surface area contributed by atoms with E-state index in [1.54, 1.807) is 7.11 Å². The van der Waals surface area contributed by atoms with Gasteiger partial charge in [0.1, 0.15) is 23.4 Å². The monoisotopic (exact) mass is 430 g/mol. The van der Waals surface area contributed by atoms with Gasteiger partial charge in [0.15, 0.2) is 5.82 Å². The normalized spacial score (nSPS) is 15.1. The number of methoxy groups -OCH3 is 1. The van der Waals surface area contributed by atoms with Crippen molar-refractivity contribution in [3.05, 3.63) is 70.8 Å². The van der Waals surface area contributed by atoms with E-state index >= 15 is 0 Å². The van der Waals surface area contributed by atoms with Gasteiger partial charge < -0.3 is 4.74 Å². The Bertz CT molecular complexity index is 1160. The number of aromatic nitrogens is 3. The number of rotatable bonds is 7. The summed E-state index contributed by atoms with van der Waals surface area (Å²) >= 11 is 0. The molecule has 1 atom stereocenters. The first-order valence-electron chi connectivity index (χ1n) is 11.2. The van der Waals surface area contributed by atoms with Crippen LogP contribution in [0, 0.1) is 6.92 Å². The zero-order valence-electron chi connectivity index (χ0n) is 19.4. The van der Waals surface area contributed by atoms with E-state index in [0.717, 1.165) is 40.5 Å². The lowest BCUT2D eigenvalue weighted by Gasteiger charge is -2.14. The summed E-state index contributed by atoms with van der Waals surface area (Å²) in [7, 11) is 1.66. The van der Waals surface area contributed by atoms with Crippen LogP contribution in [0.25, 0.3) is 5.69 Å². The maximum absolute atomic E-state index is 12.6. The van der Waals surface area contributed by atoms with Gasteiger partial charge in [-0.25, -0.2) is 0 Å². The van der Waals surface area contributed by atoms with E-state index in [0.29, 0.717) is 24.6 Å². The summed E-state index contributed by atoms with van der Waals surface area (Å²) in [5.74, 6) is 2.86. The molecule has 1 aliphatic rings. The van der Waals surface area contributed by atoms with Crippen molar-refractivity contribution in [2.24, 2.45) is 4.99 Å². The number of ether oxygens (including phenoxy) is 1. The topological polar surface area (TPSA) is 69.4 Å². The lowest BCUT2D eigenvalue weighted by atomic mass is 9.96. The molecular weight excluding hydrogens is 400 g/mol. The molecule has 32 heavy (non-hydrogen) atoms. The van der Waals surface area contributed by atoms with E-state index in [1.165, 1.54) is 5.56 Å². The molecule has 3 aromatic rings. The minimum atomic E-state index is -0.395. The van der Waals surface area contributed by atoms with Crippen LogP contribution in [0.5, 0.6) is 5.75 Å². The van der Waals surface area contributed by atoms with Crippen LogP contribution in [0.1, 0.15) is 80.3 Å². The molecule has 0 saturated carbocycles. The highest BCUT2D eigenvalue weighted by Crippen LogP contribution is 2.34. The van der Waals surface area contributed by atoms with Gasteiger partial charge in [-0.1, -0.05) is 45.0 Å². The molecule has 6 heteroatoms. The first kappa shape index (κ1) is 21.9. The molecule has 2 heterocycles. The molecule has 6 nitrogen and oxygen atoms in total. The minimum absolute atomic E-state index is 0.187. The molecule has 0 amide bonds. The molecule has 0 spiro atoms. The molecule has 1 aliphatic heterocycles. The summed E-state index contributed by atoms with van der Waals surface area (Å²) < 4.78 is 7.55. The Morgan fingerprint density at radius 3 is 2.53 bits per heavy atom. The molecule has 0 aliphatic carbocycles. The van der Waals surface area contributed by atoms with Crippen LogP contribution in [0.4, 0.5) is 0 Å². The van der Waals surface area contributed by atoms with Gasteiger partial charge in [0, 0.05) is 24.0 Å². The number of ketones is 1. The smallest absolute Gasteiger partial charge is 0.162 e. The molecule has 166 valence electrons. The third-order valence-corrected chi connectivity index (χ3v) is 5.93. The number of fused-ring (bicyclic) bond motifs is 3. The summed E-state index contributed by atoms with van der Waals surface area (Å²) in [6, 6.07) is 14.1. The number of carbonyl (C=O) groups is 1. The lowest BCUT2D eigenvalue weighted by molar-refractivity contribution is -0.119. The molecule has 1 aromatic heterocycles. The average molecular weight is 431 g/mol. The van der Waals surface area contributed by atoms with Gasteiger partial charge in [-0.05, 0) is 43.0 Å². The van der Waals surface area contributed by atoms with E-state index in [1.807, 2.05) is 36.6 Å². The Morgan fingerprint density at radius 1 is 1.12 bits per heavy atom. The fourth-order valence-corrected chi connectivity index (χ4v) is 4.19. The number of aryl methyl sites for hydroxylation is 1. The van der Waals surface area contributed by atoms with Gasteiger partial charge in [-0.3, -0.25) is 14.4 Å². The highest BCUT2D eigenvalue weighted by molar-refractivity contribution is 6.15. The summed E-state index contributed by atoms with van der Waals surface area (Å²) in [6.07, 6.45) is 1.67. The van der Waals surface area contributed by atoms with Crippen molar-refractivity contribution in [2.45, 2.75) is 58.9 Å². The van der Waals surface area contributed by atoms with Crippen molar-refractivity contribution in [2.75, 3.05) is 7.11 Å². The largest absolute Gasteiger partial charge is 0.497 e. The SMILES string of the molecule is CCCC(=O)C[C@@H]1N=C(c2ccc(C(C)C)cc2)c2cc(OC)ccc2-n2c(C)nnc21. The van der Waals surface area contributed by atoms with Crippen LogP contribution in [0.2, 0.25) is 0 Å². The number of aliphatic imine (C=N–C) groups is 1. The fourth-order valence-electron chi connectivity index (χ4n) is 4.19. The molecule has 0 bridgehead atoms. The van der Waals surface area contributed by atoms with Crippen molar-refractivity contribution in [3.8, 4) is 11.4 Å². The van der Waals surface area contributed by atoms with E-state index in [-0.39, 0.29) is 5.78 Å². The Labute approximate surface area is 189 Å². The van der Waals surface area contributed by atoms with Crippen molar-refractivity contribution < 1.29 is 9.53 Å². The van der Waals surface area contributed by atoms with Gasteiger partial charge >= 0.3 is 0 Å². The van der Waals surface area contributed by atoms with Crippen molar-refractivity contribution in [1.82, 2.24) is 14.8 Å². The number of Topliss-reactive ketones (excluding diaryl/α,β-unsaturated/α-hetero) is 1. The molecule has 0 fully saturated rings. The Kier molecular flexibility index (Phi) is 6.21. The average Bonchev–Trinajstić information content (AvgIpc) is 3.11. The zero-order valence-corrected chi connectivity index (χ0v) is 19.4. The van der Waals surface area contributed by atoms with Gasteiger partial charge in [0.25, 0.3) is 0 Å². The first-order chi connectivity index (χ1) is 15.4. The van der Waals surface area contributed by atoms with Crippen LogP contribution in [-0.2, 0) is 4.79 Å². The van der Waals surface area contributed by atoms with Crippen LogP contribution < -0.4 is 4.74 Å². The lowest BCUT2D eigenvalue weighted by Crippen LogP contribution is -2.11. The second-order valence-electron chi connectivity index (χ2n) is 8.59. The third kappa shape index (κ3) is 4.09. The number of benzene rings is 2. The van der Waals surface area contributed by atoms with E-state index < -0.39 is 6.04 Å². The highest BCUT2D eigenvalue weighted by Gasteiger charge is 2.29. The van der Waals surface area contributed by atoms with Crippen molar-refractivity contribution in [3.63, 3.8) is 0 Å². The first-order valence-corrected chi connectivity index (χ1v) is 11.2. The molecular formula is C26H30N4O2. The highest BCUT2D eigenvalue weighted by atomic mass is 16.5. The summed E-state index contributed by atoms with van der Waals surface area (Å²) in [6.45, 7) is 8.31. The zero-order chi connectivity index (χ0) is 22.8. The van der Waals surface area contributed by atoms with Crippen molar-refractivity contribution >= 4 is 11.5 Å². The molecule has 0 unspecified atom stereocenters. The molecule has 0 saturated heterocycles. The Balaban J connectivity index is 1.93. The molecule has 0 radical (unpaired) electrons. The third-order valence-electron chi connectivity index (χ3n) is 5.93. The summed E-state index contributed by atoms with van der Waals surface area (Å²) in [4.78, 5) is 17.8.